The van der Waals surface area contributed by atoms with Gasteiger partial charge in [0.05, 0.1) is 0 Å². The number of hydrogen-bond donors (Lipinski definition) is 3. The zero-order valence-corrected chi connectivity index (χ0v) is 13.6. The third-order valence-electron chi connectivity index (χ3n) is 4.25. The molecule has 22 heavy (non-hydrogen) atoms. The molecule has 0 saturated heterocycles. The van der Waals surface area contributed by atoms with Crippen molar-refractivity contribution in [2.24, 2.45) is 5.41 Å². The zero-order chi connectivity index (χ0) is 16.6. The van der Waals surface area contributed by atoms with Gasteiger partial charge in [0.15, 0.2) is 0 Å². The Balaban J connectivity index is 2.58. The predicted molar refractivity (Wildman–Crippen MR) is 87.5 cm³/mol. The molecule has 5 heteroatoms. The van der Waals surface area contributed by atoms with E-state index in [1.165, 1.54) is 0 Å². The molecule has 0 heterocycles. The summed E-state index contributed by atoms with van der Waals surface area (Å²) in [6.45, 7) is 6.44. The highest BCUT2D eigenvalue weighted by Gasteiger charge is 2.27. The molecule has 5 nitrogen and oxygen atoms in total. The third kappa shape index (κ3) is 5.15. The normalized spacial score (nSPS) is 11.1. The predicted octanol–water partition coefficient (Wildman–Crippen LogP) is 2.24. The fourth-order valence-corrected chi connectivity index (χ4v) is 2.44. The molecule has 0 aliphatic rings. The minimum Gasteiger partial charge on any atom is -0.396 e. The van der Waals surface area contributed by atoms with Gasteiger partial charge in [0.25, 0.3) is 0 Å². The van der Waals surface area contributed by atoms with Gasteiger partial charge in [-0.05, 0) is 49.3 Å². The minimum absolute atomic E-state index is 0.0764. The summed E-state index contributed by atoms with van der Waals surface area (Å²) >= 11 is 0. The zero-order valence-electron chi connectivity index (χ0n) is 13.6. The van der Waals surface area contributed by atoms with Crippen molar-refractivity contribution in [3.05, 3.63) is 29.8 Å². The maximum Gasteiger partial charge on any atom is 0.313 e. The number of rotatable bonds is 7. The molecule has 0 atom stereocenters. The molecule has 0 unspecified atom stereocenters. The number of hydrogen-bond acceptors (Lipinski definition) is 3. The molecular weight excluding hydrogens is 280 g/mol. The lowest BCUT2D eigenvalue weighted by Gasteiger charge is -2.31. The van der Waals surface area contributed by atoms with Crippen molar-refractivity contribution in [1.29, 1.82) is 0 Å². The Hall–Kier alpha value is -1.88. The maximum atomic E-state index is 11.9. The Bertz CT molecular complexity index is 510. The van der Waals surface area contributed by atoms with E-state index < -0.39 is 11.8 Å². The van der Waals surface area contributed by atoms with Gasteiger partial charge in [-0.2, -0.15) is 0 Å². The number of anilines is 1. The fraction of sp³-hybridized carbons (Fsp3) is 0.529. The highest BCUT2D eigenvalue weighted by Crippen LogP contribution is 2.29. The Morgan fingerprint density at radius 1 is 1.18 bits per heavy atom. The summed E-state index contributed by atoms with van der Waals surface area (Å²) in [5.74, 6) is -1.32. The van der Waals surface area contributed by atoms with Crippen molar-refractivity contribution >= 4 is 17.5 Å². The molecule has 0 fully saturated rings. The third-order valence-corrected chi connectivity index (χ3v) is 4.25. The van der Waals surface area contributed by atoms with Crippen LogP contribution in [0.5, 0.6) is 0 Å². The van der Waals surface area contributed by atoms with E-state index in [-0.39, 0.29) is 12.0 Å². The Morgan fingerprint density at radius 2 is 1.86 bits per heavy atom. The Kier molecular flexibility index (Phi) is 7.05. The number of aliphatic hydroxyl groups is 1. The van der Waals surface area contributed by atoms with Gasteiger partial charge < -0.3 is 15.7 Å². The Labute approximate surface area is 132 Å². The van der Waals surface area contributed by atoms with Gasteiger partial charge in [-0.15, -0.1) is 0 Å². The number of aliphatic hydroxyl groups excluding tert-OH is 1. The van der Waals surface area contributed by atoms with Crippen LogP contribution in [0.4, 0.5) is 5.69 Å². The molecular formula is C17H26N2O3. The molecule has 1 aromatic carbocycles. The quantitative estimate of drug-likeness (QED) is 0.676. The van der Waals surface area contributed by atoms with Gasteiger partial charge in [0.1, 0.15) is 0 Å². The van der Waals surface area contributed by atoms with Crippen molar-refractivity contribution < 1.29 is 14.7 Å². The van der Waals surface area contributed by atoms with Gasteiger partial charge >= 0.3 is 11.8 Å². The molecule has 0 aliphatic heterocycles. The second kappa shape index (κ2) is 8.54. The average molecular weight is 306 g/mol. The van der Waals surface area contributed by atoms with Crippen LogP contribution in [0.1, 0.15) is 38.7 Å². The highest BCUT2D eigenvalue weighted by molar-refractivity contribution is 6.39. The molecule has 1 rings (SSSR count). The van der Waals surface area contributed by atoms with E-state index in [9.17, 15) is 9.59 Å². The molecule has 122 valence electrons. The van der Waals surface area contributed by atoms with Crippen LogP contribution in [0, 0.1) is 12.3 Å². The molecule has 3 N–H and O–H groups in total. The summed E-state index contributed by atoms with van der Waals surface area (Å²) in [5, 5.41) is 14.4. The number of nitrogens with one attached hydrogen (secondary N) is 2. The van der Waals surface area contributed by atoms with Crippen molar-refractivity contribution in [1.82, 2.24) is 5.32 Å². The summed E-state index contributed by atoms with van der Waals surface area (Å²) in [5.41, 5.74) is 1.46. The van der Waals surface area contributed by atoms with E-state index >= 15 is 0 Å². The van der Waals surface area contributed by atoms with Gasteiger partial charge in [-0.25, -0.2) is 0 Å². The molecule has 0 aromatic heterocycles. The van der Waals surface area contributed by atoms with Crippen LogP contribution in [0.3, 0.4) is 0 Å². The van der Waals surface area contributed by atoms with Crippen molar-refractivity contribution in [3.63, 3.8) is 0 Å². The van der Waals surface area contributed by atoms with Crippen LogP contribution in [-0.4, -0.2) is 30.1 Å². The molecule has 0 bridgehead atoms. The van der Waals surface area contributed by atoms with Crippen molar-refractivity contribution in [3.8, 4) is 0 Å². The monoisotopic (exact) mass is 306 g/mol. The smallest absolute Gasteiger partial charge is 0.313 e. The summed E-state index contributed by atoms with van der Waals surface area (Å²) in [4.78, 5) is 23.8. The summed E-state index contributed by atoms with van der Waals surface area (Å²) in [6, 6.07) is 7.29. The fourth-order valence-electron chi connectivity index (χ4n) is 2.44. The molecule has 2 amide bonds. The van der Waals surface area contributed by atoms with E-state index in [1.54, 1.807) is 12.1 Å². The van der Waals surface area contributed by atoms with E-state index in [1.807, 2.05) is 32.9 Å². The Morgan fingerprint density at radius 3 is 2.41 bits per heavy atom. The first kappa shape index (κ1) is 18.2. The van der Waals surface area contributed by atoms with Crippen LogP contribution in [0.15, 0.2) is 24.3 Å². The van der Waals surface area contributed by atoms with Crippen LogP contribution in [0.25, 0.3) is 0 Å². The summed E-state index contributed by atoms with van der Waals surface area (Å²) in [7, 11) is 0. The summed E-state index contributed by atoms with van der Waals surface area (Å²) in [6.07, 6.45) is 2.29. The number of amides is 2. The van der Waals surface area contributed by atoms with Crippen molar-refractivity contribution in [2.75, 3.05) is 18.5 Å². The lowest BCUT2D eigenvalue weighted by Crippen LogP contribution is -2.42. The molecule has 0 aliphatic carbocycles. The lowest BCUT2D eigenvalue weighted by molar-refractivity contribution is -0.136. The van der Waals surface area contributed by atoms with Gasteiger partial charge in [0, 0.05) is 18.8 Å². The van der Waals surface area contributed by atoms with Crippen LogP contribution >= 0.6 is 0 Å². The van der Waals surface area contributed by atoms with Crippen LogP contribution in [-0.2, 0) is 9.59 Å². The van der Waals surface area contributed by atoms with Gasteiger partial charge in [-0.1, -0.05) is 26.0 Å². The van der Waals surface area contributed by atoms with Gasteiger partial charge in [-0.3, -0.25) is 9.59 Å². The number of carbonyl (C=O) groups excluding carboxylic acids is 2. The van der Waals surface area contributed by atoms with Crippen LogP contribution in [0.2, 0.25) is 0 Å². The largest absolute Gasteiger partial charge is 0.396 e. The molecule has 0 radical (unpaired) electrons. The maximum absolute atomic E-state index is 11.9. The van der Waals surface area contributed by atoms with Gasteiger partial charge in [0.2, 0.25) is 0 Å². The summed E-state index contributed by atoms with van der Waals surface area (Å²) < 4.78 is 0. The average Bonchev–Trinajstić information content (AvgIpc) is 2.51. The highest BCUT2D eigenvalue weighted by atomic mass is 16.3. The molecule has 0 saturated carbocycles. The first-order valence-electron chi connectivity index (χ1n) is 7.73. The second-order valence-corrected chi connectivity index (χ2v) is 5.69. The number of carbonyl (C=O) groups is 2. The van der Waals surface area contributed by atoms with Crippen LogP contribution < -0.4 is 10.6 Å². The van der Waals surface area contributed by atoms with E-state index in [0.717, 1.165) is 18.4 Å². The lowest BCUT2D eigenvalue weighted by atomic mass is 9.79. The van der Waals surface area contributed by atoms with Crippen molar-refractivity contribution in [2.45, 2.75) is 40.0 Å². The molecule has 1 aromatic rings. The number of aryl methyl sites for hydroxylation is 1. The standard InChI is InChI=1S/C17H26N2O3/c1-4-17(5-2,9-10-20)12-18-15(21)16(22)19-14-8-6-7-13(3)11-14/h6-8,11,20H,4-5,9-10,12H2,1-3H3,(H,18,21)(H,19,22). The number of benzene rings is 1. The first-order valence-corrected chi connectivity index (χ1v) is 7.73. The van der Waals surface area contributed by atoms with E-state index in [2.05, 4.69) is 10.6 Å². The topological polar surface area (TPSA) is 78.4 Å². The van der Waals surface area contributed by atoms with E-state index in [0.29, 0.717) is 18.7 Å². The second-order valence-electron chi connectivity index (χ2n) is 5.69. The SMILES string of the molecule is CCC(CC)(CCO)CNC(=O)C(=O)Nc1cccc(C)c1. The van der Waals surface area contributed by atoms with E-state index in [4.69, 9.17) is 5.11 Å². The molecule has 0 spiro atoms. The first-order chi connectivity index (χ1) is 10.5. The minimum atomic E-state index is -0.671.